The molecule has 3 rings (SSSR count). The number of hydrogen-bond acceptors (Lipinski definition) is 4. The van der Waals surface area contributed by atoms with Crippen molar-refractivity contribution in [1.29, 1.82) is 0 Å². The lowest BCUT2D eigenvalue weighted by Gasteiger charge is -2.39. The second-order valence-corrected chi connectivity index (χ2v) is 6.87. The second kappa shape index (κ2) is 7.07. The van der Waals surface area contributed by atoms with Gasteiger partial charge in [-0.05, 0) is 19.3 Å². The average molecular weight is 295 g/mol. The molecule has 5 heteroatoms. The highest BCUT2D eigenvalue weighted by Gasteiger charge is 2.28. The zero-order chi connectivity index (χ0) is 14.7. The summed E-state index contributed by atoms with van der Waals surface area (Å²) >= 11 is 0. The number of carbonyl (C=O) groups excluding carboxylic acids is 1. The van der Waals surface area contributed by atoms with Crippen LogP contribution < -0.4 is 0 Å². The zero-order valence-electron chi connectivity index (χ0n) is 13.0. The van der Waals surface area contributed by atoms with Crippen molar-refractivity contribution < 1.29 is 9.90 Å². The molecule has 0 radical (unpaired) electrons. The van der Waals surface area contributed by atoms with Crippen LogP contribution in [-0.4, -0.2) is 83.7 Å². The third kappa shape index (κ3) is 3.96. The molecule has 0 aromatic heterocycles. The third-order valence-corrected chi connectivity index (χ3v) is 5.32. The maximum Gasteiger partial charge on any atom is 0.222 e. The van der Waals surface area contributed by atoms with E-state index in [0.29, 0.717) is 19.5 Å². The van der Waals surface area contributed by atoms with Gasteiger partial charge < -0.3 is 10.0 Å². The molecule has 0 aromatic rings. The molecule has 3 fully saturated rings. The summed E-state index contributed by atoms with van der Waals surface area (Å²) in [5.41, 5.74) is 0. The minimum absolute atomic E-state index is 0.208. The Kier molecular flexibility index (Phi) is 5.14. The van der Waals surface area contributed by atoms with Crippen LogP contribution in [0.25, 0.3) is 0 Å². The van der Waals surface area contributed by atoms with E-state index in [4.69, 9.17) is 0 Å². The number of hydrogen-bond donors (Lipinski definition) is 1. The summed E-state index contributed by atoms with van der Waals surface area (Å²) in [5, 5.41) is 10.2. The molecule has 0 bridgehead atoms. The fourth-order valence-electron chi connectivity index (χ4n) is 4.09. The molecule has 1 N–H and O–H groups in total. The number of carbonyl (C=O) groups is 1. The SMILES string of the molecule is O=C1CCCN1CC(O)CN1CCN(C2CCCC2)CC1. The fourth-order valence-corrected chi connectivity index (χ4v) is 4.09. The molecule has 2 aliphatic heterocycles. The summed E-state index contributed by atoms with van der Waals surface area (Å²) in [5.74, 6) is 0.208. The summed E-state index contributed by atoms with van der Waals surface area (Å²) in [6.45, 7) is 6.44. The minimum atomic E-state index is -0.398. The Balaban J connectivity index is 1.37. The van der Waals surface area contributed by atoms with Gasteiger partial charge in [-0.25, -0.2) is 0 Å². The van der Waals surface area contributed by atoms with Gasteiger partial charge in [-0.3, -0.25) is 14.6 Å². The van der Waals surface area contributed by atoms with Gasteiger partial charge in [-0.2, -0.15) is 0 Å². The number of amides is 1. The summed E-state index contributed by atoms with van der Waals surface area (Å²) in [6.07, 6.45) is 6.75. The predicted octanol–water partition coefficient (Wildman–Crippen LogP) is 0.530. The molecule has 120 valence electrons. The van der Waals surface area contributed by atoms with Crippen molar-refractivity contribution in [3.8, 4) is 0 Å². The molecule has 1 atom stereocenters. The number of piperazine rings is 1. The lowest BCUT2D eigenvalue weighted by molar-refractivity contribution is -0.129. The van der Waals surface area contributed by atoms with E-state index in [1.807, 2.05) is 4.90 Å². The fraction of sp³-hybridized carbons (Fsp3) is 0.938. The Morgan fingerprint density at radius 3 is 2.33 bits per heavy atom. The molecule has 2 heterocycles. The van der Waals surface area contributed by atoms with E-state index in [2.05, 4.69) is 9.80 Å². The Bertz CT molecular complexity index is 349. The standard InChI is InChI=1S/C16H29N3O2/c20-15(13-19-7-3-6-16(19)21)12-17-8-10-18(11-9-17)14-4-1-2-5-14/h14-15,20H,1-13H2. The third-order valence-electron chi connectivity index (χ3n) is 5.32. The van der Waals surface area contributed by atoms with Gasteiger partial charge in [0.05, 0.1) is 6.10 Å². The van der Waals surface area contributed by atoms with Crippen molar-refractivity contribution in [2.24, 2.45) is 0 Å². The Morgan fingerprint density at radius 2 is 1.71 bits per heavy atom. The van der Waals surface area contributed by atoms with E-state index in [1.165, 1.54) is 25.7 Å². The first-order valence-corrected chi connectivity index (χ1v) is 8.64. The van der Waals surface area contributed by atoms with E-state index in [0.717, 1.165) is 45.2 Å². The molecule has 1 amide bonds. The van der Waals surface area contributed by atoms with E-state index in [9.17, 15) is 9.90 Å². The zero-order valence-corrected chi connectivity index (χ0v) is 13.0. The lowest BCUT2D eigenvalue weighted by Crippen LogP contribution is -2.52. The molecule has 0 aromatic carbocycles. The van der Waals surface area contributed by atoms with Crippen molar-refractivity contribution >= 4 is 5.91 Å². The van der Waals surface area contributed by atoms with Crippen LogP contribution in [0.3, 0.4) is 0 Å². The van der Waals surface area contributed by atoms with E-state index in [-0.39, 0.29) is 5.91 Å². The molecular weight excluding hydrogens is 266 g/mol. The van der Waals surface area contributed by atoms with Crippen LogP contribution in [0.2, 0.25) is 0 Å². The van der Waals surface area contributed by atoms with Crippen LogP contribution in [0, 0.1) is 0 Å². The van der Waals surface area contributed by atoms with Crippen molar-refractivity contribution in [2.45, 2.75) is 50.7 Å². The van der Waals surface area contributed by atoms with Crippen LogP contribution in [0.5, 0.6) is 0 Å². The normalized spacial score (nSPS) is 27.7. The van der Waals surface area contributed by atoms with Gasteiger partial charge in [-0.1, -0.05) is 12.8 Å². The van der Waals surface area contributed by atoms with Crippen LogP contribution in [-0.2, 0) is 4.79 Å². The van der Waals surface area contributed by atoms with Crippen molar-refractivity contribution in [2.75, 3.05) is 45.8 Å². The monoisotopic (exact) mass is 295 g/mol. The van der Waals surface area contributed by atoms with Gasteiger partial charge in [0.2, 0.25) is 5.91 Å². The van der Waals surface area contributed by atoms with Crippen molar-refractivity contribution in [3.05, 3.63) is 0 Å². The van der Waals surface area contributed by atoms with Crippen molar-refractivity contribution in [1.82, 2.24) is 14.7 Å². The maximum atomic E-state index is 11.6. The molecule has 2 saturated heterocycles. The van der Waals surface area contributed by atoms with Crippen LogP contribution in [0.4, 0.5) is 0 Å². The maximum absolute atomic E-state index is 11.6. The highest BCUT2D eigenvalue weighted by molar-refractivity contribution is 5.78. The van der Waals surface area contributed by atoms with E-state index < -0.39 is 6.10 Å². The number of rotatable bonds is 5. The predicted molar refractivity (Wildman–Crippen MR) is 82.1 cm³/mol. The molecule has 1 unspecified atom stereocenters. The quantitative estimate of drug-likeness (QED) is 0.804. The molecule has 0 spiro atoms. The first kappa shape index (κ1) is 15.3. The van der Waals surface area contributed by atoms with Gasteiger partial charge in [-0.15, -0.1) is 0 Å². The second-order valence-electron chi connectivity index (χ2n) is 6.87. The summed E-state index contributed by atoms with van der Waals surface area (Å²) in [4.78, 5) is 18.4. The molecule has 21 heavy (non-hydrogen) atoms. The Hall–Kier alpha value is -0.650. The highest BCUT2D eigenvalue weighted by Crippen LogP contribution is 2.24. The van der Waals surface area contributed by atoms with Gasteiger partial charge in [0, 0.05) is 58.3 Å². The van der Waals surface area contributed by atoms with Crippen LogP contribution in [0.1, 0.15) is 38.5 Å². The molecular formula is C16H29N3O2. The van der Waals surface area contributed by atoms with Crippen LogP contribution in [0.15, 0.2) is 0 Å². The first-order valence-electron chi connectivity index (χ1n) is 8.64. The van der Waals surface area contributed by atoms with E-state index >= 15 is 0 Å². The summed E-state index contributed by atoms with van der Waals surface area (Å²) in [7, 11) is 0. The number of aliphatic hydroxyl groups is 1. The topological polar surface area (TPSA) is 47.0 Å². The molecule has 5 nitrogen and oxygen atoms in total. The Morgan fingerprint density at radius 1 is 1.00 bits per heavy atom. The highest BCUT2D eigenvalue weighted by atomic mass is 16.3. The Labute approximate surface area is 127 Å². The number of likely N-dealkylation sites (tertiary alicyclic amines) is 1. The van der Waals surface area contributed by atoms with Gasteiger partial charge in [0.1, 0.15) is 0 Å². The molecule has 1 saturated carbocycles. The van der Waals surface area contributed by atoms with Crippen molar-refractivity contribution in [3.63, 3.8) is 0 Å². The van der Waals surface area contributed by atoms with Gasteiger partial charge >= 0.3 is 0 Å². The average Bonchev–Trinajstić information content (AvgIpc) is 3.12. The first-order chi connectivity index (χ1) is 10.2. The largest absolute Gasteiger partial charge is 0.390 e. The number of β-amino-alcohol motifs (C(OH)–C–C–N with tert-alkyl or cyclic N) is 1. The summed E-state index contributed by atoms with van der Waals surface area (Å²) in [6, 6.07) is 0.819. The minimum Gasteiger partial charge on any atom is -0.390 e. The molecule has 1 aliphatic carbocycles. The smallest absolute Gasteiger partial charge is 0.222 e. The van der Waals surface area contributed by atoms with E-state index in [1.54, 1.807) is 0 Å². The van der Waals surface area contributed by atoms with Gasteiger partial charge in [0.25, 0.3) is 0 Å². The molecule has 3 aliphatic rings. The number of nitrogens with zero attached hydrogens (tertiary/aromatic N) is 3. The summed E-state index contributed by atoms with van der Waals surface area (Å²) < 4.78 is 0. The lowest BCUT2D eigenvalue weighted by atomic mass is 10.1. The van der Waals surface area contributed by atoms with Gasteiger partial charge in [0.15, 0.2) is 0 Å². The van der Waals surface area contributed by atoms with Crippen LogP contribution >= 0.6 is 0 Å². The number of aliphatic hydroxyl groups excluding tert-OH is 1.